The zero-order valence-electron chi connectivity index (χ0n) is 16.4. The lowest BCUT2D eigenvalue weighted by Crippen LogP contribution is -2.53. The van der Waals surface area contributed by atoms with E-state index in [4.69, 9.17) is 0 Å². The summed E-state index contributed by atoms with van der Waals surface area (Å²) >= 11 is 0. The van der Waals surface area contributed by atoms with Crippen LogP contribution < -0.4 is 5.32 Å². The molecule has 1 heterocycles. The van der Waals surface area contributed by atoms with Gasteiger partial charge in [-0.2, -0.15) is 0 Å². The van der Waals surface area contributed by atoms with Crippen LogP contribution in [-0.2, 0) is 0 Å². The molecule has 0 bridgehead atoms. The molecule has 138 valence electrons. The minimum Gasteiger partial charge on any atom is -0.311 e. The van der Waals surface area contributed by atoms with Crippen LogP contribution in [-0.4, -0.2) is 47.6 Å². The molecule has 0 saturated carbocycles. The number of unbranched alkanes of at least 4 members (excludes halogenated alkanes) is 1. The summed E-state index contributed by atoms with van der Waals surface area (Å²) in [5.41, 5.74) is 0. The quantitative estimate of drug-likeness (QED) is 0.397. The Morgan fingerprint density at radius 2 is 1.87 bits per heavy atom. The maximum Gasteiger partial charge on any atom is 0.0334 e. The van der Waals surface area contributed by atoms with Gasteiger partial charge < -0.3 is 5.32 Å². The summed E-state index contributed by atoms with van der Waals surface area (Å²) in [6.07, 6.45) is 5.44. The van der Waals surface area contributed by atoms with Crippen LogP contribution in [0.5, 0.6) is 0 Å². The molecule has 0 aliphatic carbocycles. The van der Waals surface area contributed by atoms with E-state index in [1.807, 2.05) is 0 Å². The van der Waals surface area contributed by atoms with E-state index in [1.54, 1.807) is 0 Å². The molecule has 1 saturated heterocycles. The Hall–Kier alpha value is 0.620. The fourth-order valence-electron chi connectivity index (χ4n) is 3.24. The fraction of sp³-hybridized carbons (Fsp3) is 1.00. The normalized spacial score (nSPS) is 20.6. The second kappa shape index (κ2) is 11.3. The van der Waals surface area contributed by atoms with Crippen molar-refractivity contribution in [3.05, 3.63) is 0 Å². The van der Waals surface area contributed by atoms with Crippen LogP contribution in [0.2, 0.25) is 0 Å². The number of hydrogen-bond donors (Lipinski definition) is 1. The van der Waals surface area contributed by atoms with Gasteiger partial charge in [-0.25, -0.2) is 0 Å². The second-order valence-corrected chi connectivity index (χ2v) is 11.7. The molecule has 0 aromatic carbocycles. The Morgan fingerprint density at radius 3 is 2.52 bits per heavy atom. The third-order valence-electron chi connectivity index (χ3n) is 4.24. The summed E-state index contributed by atoms with van der Waals surface area (Å²) in [4.78, 5) is 2.68. The van der Waals surface area contributed by atoms with Crippen molar-refractivity contribution in [3.63, 3.8) is 0 Å². The Bertz CT molecular complexity index is 306. The molecule has 0 radical (unpaired) electrons. The van der Waals surface area contributed by atoms with Crippen molar-refractivity contribution >= 4 is 21.6 Å². The van der Waals surface area contributed by atoms with Gasteiger partial charge in [0.1, 0.15) is 0 Å². The Balaban J connectivity index is 2.20. The van der Waals surface area contributed by atoms with Crippen molar-refractivity contribution in [2.24, 2.45) is 11.8 Å². The average molecular weight is 361 g/mol. The number of rotatable bonds is 11. The highest BCUT2D eigenvalue weighted by atomic mass is 33.1. The zero-order chi connectivity index (χ0) is 17.3. The first kappa shape index (κ1) is 21.7. The molecule has 0 aromatic heterocycles. The molecule has 1 unspecified atom stereocenters. The van der Waals surface area contributed by atoms with Gasteiger partial charge in [0.2, 0.25) is 0 Å². The van der Waals surface area contributed by atoms with E-state index >= 15 is 0 Å². The summed E-state index contributed by atoms with van der Waals surface area (Å²) in [5.74, 6) is 2.95. The van der Waals surface area contributed by atoms with Crippen LogP contribution in [0.4, 0.5) is 0 Å². The van der Waals surface area contributed by atoms with Gasteiger partial charge >= 0.3 is 0 Å². The Morgan fingerprint density at radius 1 is 1.13 bits per heavy atom. The van der Waals surface area contributed by atoms with Crippen LogP contribution in [0.15, 0.2) is 0 Å². The van der Waals surface area contributed by atoms with E-state index in [0.717, 1.165) is 18.4 Å². The number of nitrogens with zero attached hydrogens (tertiary/aromatic N) is 1. The molecule has 2 nitrogen and oxygen atoms in total. The molecule has 0 spiro atoms. The number of nitrogens with one attached hydrogen (secondary N) is 1. The van der Waals surface area contributed by atoms with E-state index in [0.29, 0.717) is 10.8 Å². The largest absolute Gasteiger partial charge is 0.311 e. The van der Waals surface area contributed by atoms with Gasteiger partial charge in [0.05, 0.1) is 0 Å². The van der Waals surface area contributed by atoms with E-state index in [2.05, 4.69) is 73.3 Å². The SMILES string of the molecule is CC(C)CCCCSSC(C)(C)CN1CCNC(CC(C)C)C1. The van der Waals surface area contributed by atoms with Crippen LogP contribution in [0.3, 0.4) is 0 Å². The third-order valence-corrected chi connectivity index (χ3v) is 7.60. The molecule has 0 aromatic rings. The molecule has 4 heteroatoms. The van der Waals surface area contributed by atoms with Crippen LogP contribution in [0, 0.1) is 11.8 Å². The average Bonchev–Trinajstić information content (AvgIpc) is 2.41. The first-order valence-electron chi connectivity index (χ1n) is 9.55. The molecule has 1 N–H and O–H groups in total. The van der Waals surface area contributed by atoms with Gasteiger partial charge in [0.15, 0.2) is 0 Å². The topological polar surface area (TPSA) is 15.3 Å². The highest BCUT2D eigenvalue weighted by molar-refractivity contribution is 8.77. The smallest absolute Gasteiger partial charge is 0.0334 e. The maximum absolute atomic E-state index is 3.69. The maximum atomic E-state index is 3.69. The molecule has 0 amide bonds. The van der Waals surface area contributed by atoms with E-state index in [-0.39, 0.29) is 0 Å². The van der Waals surface area contributed by atoms with Crippen molar-refractivity contribution < 1.29 is 0 Å². The minimum atomic E-state index is 0.350. The van der Waals surface area contributed by atoms with Gasteiger partial charge in [-0.3, -0.25) is 4.90 Å². The summed E-state index contributed by atoms with van der Waals surface area (Å²) in [7, 11) is 4.19. The highest BCUT2D eigenvalue weighted by Crippen LogP contribution is 2.37. The predicted octanol–water partition coefficient (Wildman–Crippen LogP) is 5.29. The van der Waals surface area contributed by atoms with Crippen molar-refractivity contribution in [3.8, 4) is 0 Å². The molecule has 1 atom stereocenters. The lowest BCUT2D eigenvalue weighted by atomic mass is 10.0. The third kappa shape index (κ3) is 11.0. The second-order valence-electron chi connectivity index (χ2n) is 8.57. The molecule has 23 heavy (non-hydrogen) atoms. The van der Waals surface area contributed by atoms with Gasteiger partial charge in [-0.1, -0.05) is 62.1 Å². The van der Waals surface area contributed by atoms with E-state index in [9.17, 15) is 0 Å². The Labute approximate surface area is 153 Å². The van der Waals surface area contributed by atoms with Gasteiger partial charge in [-0.05, 0) is 38.5 Å². The first-order valence-corrected chi connectivity index (χ1v) is 11.9. The summed E-state index contributed by atoms with van der Waals surface area (Å²) < 4.78 is 0.350. The van der Waals surface area contributed by atoms with Crippen molar-refractivity contribution in [2.75, 3.05) is 31.9 Å². The van der Waals surface area contributed by atoms with Crippen LogP contribution in [0.25, 0.3) is 0 Å². The van der Waals surface area contributed by atoms with Crippen LogP contribution in [0.1, 0.15) is 67.2 Å². The van der Waals surface area contributed by atoms with E-state index < -0.39 is 0 Å². The molecule has 1 rings (SSSR count). The van der Waals surface area contributed by atoms with Gasteiger partial charge in [0, 0.05) is 42.7 Å². The molecule has 1 aliphatic rings. The predicted molar refractivity (Wildman–Crippen MR) is 111 cm³/mol. The standard InChI is InChI=1S/C19H40N2S2/c1-16(2)9-7-8-12-22-23-19(5,6)15-21-11-10-20-18(14-21)13-17(3)4/h16-18,20H,7-15H2,1-6H3. The van der Waals surface area contributed by atoms with Crippen LogP contribution >= 0.6 is 21.6 Å². The number of piperazine rings is 1. The van der Waals surface area contributed by atoms with Crippen molar-refractivity contribution in [2.45, 2.75) is 78.0 Å². The number of hydrogen-bond acceptors (Lipinski definition) is 4. The lowest BCUT2D eigenvalue weighted by Gasteiger charge is -2.38. The van der Waals surface area contributed by atoms with Gasteiger partial charge in [-0.15, -0.1) is 0 Å². The fourth-order valence-corrected chi connectivity index (χ4v) is 5.92. The monoisotopic (exact) mass is 360 g/mol. The molecule has 1 aliphatic heterocycles. The highest BCUT2D eigenvalue weighted by Gasteiger charge is 2.27. The summed E-state index contributed by atoms with van der Waals surface area (Å²) in [6.45, 7) is 18.9. The van der Waals surface area contributed by atoms with Gasteiger partial charge in [0.25, 0.3) is 0 Å². The lowest BCUT2D eigenvalue weighted by molar-refractivity contribution is 0.177. The van der Waals surface area contributed by atoms with E-state index in [1.165, 1.54) is 51.1 Å². The molecular formula is C19H40N2S2. The zero-order valence-corrected chi connectivity index (χ0v) is 18.0. The summed E-state index contributed by atoms with van der Waals surface area (Å²) in [5, 5.41) is 3.69. The Kier molecular flexibility index (Phi) is 10.6. The van der Waals surface area contributed by atoms with Crippen molar-refractivity contribution in [1.29, 1.82) is 0 Å². The van der Waals surface area contributed by atoms with Crippen molar-refractivity contribution in [1.82, 2.24) is 10.2 Å². The molecule has 1 fully saturated rings. The first-order chi connectivity index (χ1) is 10.8. The summed E-state index contributed by atoms with van der Waals surface area (Å²) in [6, 6.07) is 0.688. The minimum absolute atomic E-state index is 0.350. The molecular weight excluding hydrogens is 320 g/mol.